The van der Waals surface area contributed by atoms with E-state index in [-0.39, 0.29) is 6.84 Å². The van der Waals surface area contributed by atoms with Gasteiger partial charge in [0.1, 0.15) is 0 Å². The van der Waals surface area contributed by atoms with Gasteiger partial charge >= 0.3 is 0 Å². The maximum Gasteiger partial charge on any atom is 0.0875 e. The third-order valence-corrected chi connectivity index (χ3v) is 7.72. The van der Waals surface area contributed by atoms with Crippen molar-refractivity contribution in [2.24, 2.45) is 5.41 Å². The molecule has 0 saturated heterocycles. The van der Waals surface area contributed by atoms with Gasteiger partial charge in [-0.05, 0) is 104 Å². The SMILES string of the molecule is C=C(C1=C2C(=C(CC)C(C)(O)C1)[C@]2(C)C(=C)C)/C(CC)=C(/CC)C1=C(C)CCC=C1.[HH]. The van der Waals surface area contributed by atoms with E-state index < -0.39 is 5.60 Å². The van der Waals surface area contributed by atoms with Crippen molar-refractivity contribution >= 4 is 0 Å². The molecular weight excluding hydrogens is 364 g/mol. The summed E-state index contributed by atoms with van der Waals surface area (Å²) < 4.78 is 0. The van der Waals surface area contributed by atoms with Crippen molar-refractivity contribution in [3.05, 3.63) is 81.0 Å². The fourth-order valence-electron chi connectivity index (χ4n) is 5.82. The number of aliphatic hydroxyl groups is 1. The summed E-state index contributed by atoms with van der Waals surface area (Å²) in [6, 6.07) is 0. The molecule has 1 nitrogen and oxygen atoms in total. The van der Waals surface area contributed by atoms with Crippen LogP contribution in [0.5, 0.6) is 0 Å². The van der Waals surface area contributed by atoms with E-state index in [1.54, 1.807) is 0 Å². The molecule has 1 N–H and O–H groups in total. The summed E-state index contributed by atoms with van der Waals surface area (Å²) in [6.45, 7) is 24.2. The van der Waals surface area contributed by atoms with E-state index in [4.69, 9.17) is 0 Å². The molecule has 1 heteroatoms. The van der Waals surface area contributed by atoms with Gasteiger partial charge in [-0.25, -0.2) is 0 Å². The van der Waals surface area contributed by atoms with Crippen LogP contribution in [0.25, 0.3) is 0 Å². The van der Waals surface area contributed by atoms with E-state index in [2.05, 4.69) is 66.9 Å². The first-order valence-corrected chi connectivity index (χ1v) is 11.7. The lowest BCUT2D eigenvalue weighted by Crippen LogP contribution is -2.29. The Hall–Kier alpha value is -1.86. The van der Waals surface area contributed by atoms with Gasteiger partial charge in [0.2, 0.25) is 0 Å². The minimum Gasteiger partial charge on any atom is -0.385 e. The predicted molar refractivity (Wildman–Crippen MR) is 132 cm³/mol. The molecule has 3 aliphatic rings. The molecule has 0 aromatic heterocycles. The molecule has 2 atom stereocenters. The smallest absolute Gasteiger partial charge is 0.0875 e. The Bertz CT molecular complexity index is 961. The molecule has 1 unspecified atom stereocenters. The Balaban J connectivity index is 0.00000341. The van der Waals surface area contributed by atoms with Gasteiger partial charge in [-0.3, -0.25) is 0 Å². The molecule has 1 fully saturated rings. The molecule has 3 aliphatic carbocycles. The maximum atomic E-state index is 11.4. The molecule has 1 saturated carbocycles. The molecular formula is C29H42O. The van der Waals surface area contributed by atoms with Crippen LogP contribution in [-0.2, 0) is 0 Å². The summed E-state index contributed by atoms with van der Waals surface area (Å²) in [7, 11) is 0. The van der Waals surface area contributed by atoms with Gasteiger partial charge in [0, 0.05) is 13.3 Å². The van der Waals surface area contributed by atoms with E-state index in [0.29, 0.717) is 6.42 Å². The zero-order valence-electron chi connectivity index (χ0n) is 20.3. The summed E-state index contributed by atoms with van der Waals surface area (Å²) in [4.78, 5) is 0. The van der Waals surface area contributed by atoms with Crippen LogP contribution >= 0.6 is 0 Å². The molecule has 0 aromatic carbocycles. The van der Waals surface area contributed by atoms with Gasteiger partial charge in [-0.2, -0.15) is 0 Å². The summed E-state index contributed by atoms with van der Waals surface area (Å²) in [6.07, 6.45) is 10.4. The third-order valence-electron chi connectivity index (χ3n) is 7.72. The lowest BCUT2D eigenvalue weighted by molar-refractivity contribution is 0.0947. The average molecular weight is 407 g/mol. The Morgan fingerprint density at radius 2 is 1.80 bits per heavy atom. The Kier molecular flexibility index (Phi) is 6.09. The van der Waals surface area contributed by atoms with Gasteiger partial charge in [-0.15, -0.1) is 0 Å². The molecule has 164 valence electrons. The summed E-state index contributed by atoms with van der Waals surface area (Å²) in [5, 5.41) is 11.4. The van der Waals surface area contributed by atoms with Gasteiger partial charge < -0.3 is 5.11 Å². The Labute approximate surface area is 185 Å². The van der Waals surface area contributed by atoms with Crippen LogP contribution in [0.15, 0.2) is 81.0 Å². The van der Waals surface area contributed by atoms with E-state index >= 15 is 0 Å². The van der Waals surface area contributed by atoms with E-state index in [9.17, 15) is 5.11 Å². The van der Waals surface area contributed by atoms with E-state index in [1.807, 2.05) is 6.92 Å². The molecule has 0 aliphatic heterocycles. The van der Waals surface area contributed by atoms with Crippen LogP contribution in [-0.4, -0.2) is 10.7 Å². The number of hydrogen-bond acceptors (Lipinski definition) is 1. The largest absolute Gasteiger partial charge is 0.385 e. The van der Waals surface area contributed by atoms with Gasteiger partial charge in [-0.1, -0.05) is 57.2 Å². The topological polar surface area (TPSA) is 20.2 Å². The molecule has 0 amide bonds. The third kappa shape index (κ3) is 3.36. The Morgan fingerprint density at radius 3 is 2.30 bits per heavy atom. The van der Waals surface area contributed by atoms with Crippen molar-refractivity contribution in [2.45, 2.75) is 92.6 Å². The summed E-state index contributed by atoms with van der Waals surface area (Å²) in [5.41, 5.74) is 12.2. The average Bonchev–Trinajstić information content (AvgIpc) is 3.32. The minimum absolute atomic E-state index is 0. The highest BCUT2D eigenvalue weighted by Crippen LogP contribution is 2.69. The van der Waals surface area contributed by atoms with Crippen molar-refractivity contribution in [1.29, 1.82) is 0 Å². The second-order valence-electron chi connectivity index (χ2n) is 9.69. The van der Waals surface area contributed by atoms with Crippen molar-refractivity contribution < 1.29 is 6.53 Å². The molecule has 3 rings (SSSR count). The highest BCUT2D eigenvalue weighted by Gasteiger charge is 2.59. The minimum atomic E-state index is -0.815. The molecule has 0 bridgehead atoms. The maximum absolute atomic E-state index is 11.4. The number of allylic oxidation sites excluding steroid dienone is 10. The fraction of sp³-hybridized carbons (Fsp3) is 0.517. The quantitative estimate of drug-likeness (QED) is 0.333. The van der Waals surface area contributed by atoms with Crippen LogP contribution in [0.3, 0.4) is 0 Å². The first-order valence-electron chi connectivity index (χ1n) is 11.7. The number of fused-ring (bicyclic) bond motifs is 1. The predicted octanol–water partition coefficient (Wildman–Crippen LogP) is 8.33. The van der Waals surface area contributed by atoms with Crippen LogP contribution in [0.2, 0.25) is 0 Å². The van der Waals surface area contributed by atoms with Crippen molar-refractivity contribution in [2.75, 3.05) is 0 Å². The van der Waals surface area contributed by atoms with Crippen molar-refractivity contribution in [1.82, 2.24) is 0 Å². The molecule has 0 aromatic rings. The van der Waals surface area contributed by atoms with Crippen molar-refractivity contribution in [3.63, 3.8) is 0 Å². The highest BCUT2D eigenvalue weighted by molar-refractivity contribution is 5.77. The molecule has 0 spiro atoms. The summed E-state index contributed by atoms with van der Waals surface area (Å²) >= 11 is 0. The van der Waals surface area contributed by atoms with Crippen LogP contribution in [0.1, 0.15) is 88.4 Å². The fourth-order valence-corrected chi connectivity index (χ4v) is 5.82. The van der Waals surface area contributed by atoms with Crippen LogP contribution < -0.4 is 0 Å². The first-order chi connectivity index (χ1) is 14.1. The molecule has 0 radical (unpaired) electrons. The lowest BCUT2D eigenvalue weighted by Gasteiger charge is -2.32. The van der Waals surface area contributed by atoms with E-state index in [1.165, 1.54) is 44.6 Å². The van der Waals surface area contributed by atoms with Crippen LogP contribution in [0.4, 0.5) is 0 Å². The van der Waals surface area contributed by atoms with Gasteiger partial charge in [0.05, 0.1) is 5.60 Å². The zero-order chi connectivity index (χ0) is 22.4. The second-order valence-corrected chi connectivity index (χ2v) is 9.69. The standard InChI is InChI=1S/C29H40O.H2/c1-10-21(22(11-2)23-16-14-13-15-19(23)6)20(7)24-17-28(8,30)25(12-3)27-26(24)29(27,9)18(4)5;/h14,16,30H,4,7,10-13,15,17H2,1-3,5-6,8-9H3;1H/b22-21-;/t28?,29-;/m1./s1. The first kappa shape index (κ1) is 22.8. The van der Waals surface area contributed by atoms with Gasteiger partial charge in [0.15, 0.2) is 0 Å². The number of rotatable bonds is 7. The lowest BCUT2D eigenvalue weighted by atomic mass is 9.77. The second kappa shape index (κ2) is 8.00. The molecule has 30 heavy (non-hydrogen) atoms. The van der Waals surface area contributed by atoms with Crippen molar-refractivity contribution in [3.8, 4) is 0 Å². The van der Waals surface area contributed by atoms with E-state index in [0.717, 1.165) is 43.3 Å². The summed E-state index contributed by atoms with van der Waals surface area (Å²) in [5.74, 6) is 0. The molecule has 0 heterocycles. The highest BCUT2D eigenvalue weighted by atomic mass is 16.3. The normalized spacial score (nSPS) is 29.2. The Morgan fingerprint density at radius 1 is 1.13 bits per heavy atom. The monoisotopic (exact) mass is 406 g/mol. The van der Waals surface area contributed by atoms with Crippen LogP contribution in [0, 0.1) is 5.41 Å². The number of hydrogen-bond donors (Lipinski definition) is 1. The zero-order valence-corrected chi connectivity index (χ0v) is 20.3. The van der Waals surface area contributed by atoms with Gasteiger partial charge in [0.25, 0.3) is 0 Å².